The number of halogens is 1. The summed E-state index contributed by atoms with van der Waals surface area (Å²) in [4.78, 5) is 23.9. The van der Waals surface area contributed by atoms with E-state index in [2.05, 4.69) is 5.32 Å². The van der Waals surface area contributed by atoms with Crippen molar-refractivity contribution in [3.05, 3.63) is 64.2 Å². The van der Waals surface area contributed by atoms with Gasteiger partial charge >= 0.3 is 5.97 Å². The molecule has 0 fully saturated rings. The molecule has 5 nitrogen and oxygen atoms in total. The van der Waals surface area contributed by atoms with E-state index in [1.807, 2.05) is 6.07 Å². The van der Waals surface area contributed by atoms with Crippen LogP contribution >= 0.6 is 11.6 Å². The summed E-state index contributed by atoms with van der Waals surface area (Å²) in [5.41, 5.74) is 1.68. The molecule has 2 N–H and O–H groups in total. The van der Waals surface area contributed by atoms with Gasteiger partial charge in [0.1, 0.15) is 11.3 Å². The molecule has 0 saturated carbocycles. The third-order valence-electron chi connectivity index (χ3n) is 3.43. The van der Waals surface area contributed by atoms with Gasteiger partial charge in [0.2, 0.25) is 0 Å². The molecule has 1 atom stereocenters. The Morgan fingerprint density at radius 3 is 2.71 bits per heavy atom. The second kappa shape index (κ2) is 7.84. The van der Waals surface area contributed by atoms with Crippen molar-refractivity contribution < 1.29 is 19.4 Å². The lowest BCUT2D eigenvalue weighted by Gasteiger charge is -2.15. The summed E-state index contributed by atoms with van der Waals surface area (Å²) in [5.74, 6) is -1.37. The number of ether oxygens (including phenoxy) is 1. The Morgan fingerprint density at radius 2 is 2.00 bits per heavy atom. The van der Waals surface area contributed by atoms with Gasteiger partial charge in [-0.2, -0.15) is 0 Å². The highest BCUT2D eigenvalue weighted by molar-refractivity contribution is 6.30. The maximum atomic E-state index is 11.9. The number of benzene rings is 2. The Balaban J connectivity index is 1.91. The Morgan fingerprint density at radius 1 is 1.25 bits per heavy atom. The second-order valence-corrected chi connectivity index (χ2v) is 5.88. The van der Waals surface area contributed by atoms with E-state index in [1.54, 1.807) is 38.1 Å². The lowest BCUT2D eigenvalue weighted by Crippen LogP contribution is -2.31. The monoisotopic (exact) mass is 347 g/mol. The molecule has 0 bridgehead atoms. The van der Waals surface area contributed by atoms with Crippen molar-refractivity contribution in [1.82, 2.24) is 5.32 Å². The van der Waals surface area contributed by atoms with Gasteiger partial charge in [0.15, 0.2) is 6.61 Å². The quantitative estimate of drug-likeness (QED) is 0.813. The highest BCUT2D eigenvalue weighted by Crippen LogP contribution is 2.19. The summed E-state index contributed by atoms with van der Waals surface area (Å²) < 4.78 is 4.95. The first-order chi connectivity index (χ1) is 11.4. The van der Waals surface area contributed by atoms with Crippen LogP contribution < -0.4 is 5.32 Å². The molecule has 2 aromatic rings. The number of phenolic OH excluding ortho intramolecular Hbond substituents is 1. The van der Waals surface area contributed by atoms with E-state index < -0.39 is 18.5 Å². The molecule has 0 heterocycles. The molecule has 24 heavy (non-hydrogen) atoms. The highest BCUT2D eigenvalue weighted by Gasteiger charge is 2.16. The third kappa shape index (κ3) is 4.73. The van der Waals surface area contributed by atoms with E-state index in [-0.39, 0.29) is 17.4 Å². The predicted octanol–water partition coefficient (Wildman–Crippen LogP) is 3.39. The lowest BCUT2D eigenvalue weighted by molar-refractivity contribution is -0.124. The molecule has 1 amide bonds. The maximum Gasteiger partial charge on any atom is 0.342 e. The molecule has 0 aliphatic heterocycles. The van der Waals surface area contributed by atoms with Gasteiger partial charge in [0, 0.05) is 5.02 Å². The van der Waals surface area contributed by atoms with Crippen LogP contribution in [0.3, 0.4) is 0 Å². The first-order valence-corrected chi connectivity index (χ1v) is 7.76. The van der Waals surface area contributed by atoms with Crippen molar-refractivity contribution in [2.75, 3.05) is 6.61 Å². The number of phenols is 1. The largest absolute Gasteiger partial charge is 0.507 e. The zero-order chi connectivity index (χ0) is 17.7. The molecule has 1 unspecified atom stereocenters. The fourth-order valence-electron chi connectivity index (χ4n) is 2.16. The standard InChI is InChI=1S/C18H18ClNO4/c1-11-6-7-16(21)15(8-11)18(23)24-10-17(22)20-12(2)13-4-3-5-14(19)9-13/h3-9,12,21H,10H2,1-2H3,(H,20,22). The van der Waals surface area contributed by atoms with Gasteiger partial charge in [0.25, 0.3) is 5.91 Å². The number of amides is 1. The number of nitrogens with one attached hydrogen (secondary N) is 1. The molecule has 2 rings (SSSR count). The first-order valence-electron chi connectivity index (χ1n) is 7.38. The van der Waals surface area contributed by atoms with Crippen LogP contribution in [0.25, 0.3) is 0 Å². The smallest absolute Gasteiger partial charge is 0.342 e. The summed E-state index contributed by atoms with van der Waals surface area (Å²) >= 11 is 5.92. The predicted molar refractivity (Wildman–Crippen MR) is 91.1 cm³/mol. The third-order valence-corrected chi connectivity index (χ3v) is 3.67. The van der Waals surface area contributed by atoms with E-state index in [0.717, 1.165) is 11.1 Å². The van der Waals surface area contributed by atoms with Gasteiger partial charge in [-0.1, -0.05) is 35.4 Å². The normalized spacial score (nSPS) is 11.6. The van der Waals surface area contributed by atoms with Crippen LogP contribution in [0, 0.1) is 6.92 Å². The van der Waals surface area contributed by atoms with Gasteiger partial charge in [-0.25, -0.2) is 4.79 Å². The van der Waals surface area contributed by atoms with Crippen molar-refractivity contribution in [1.29, 1.82) is 0 Å². The van der Waals surface area contributed by atoms with Crippen molar-refractivity contribution in [3.63, 3.8) is 0 Å². The molecule has 0 aliphatic carbocycles. The van der Waals surface area contributed by atoms with Crippen molar-refractivity contribution in [2.24, 2.45) is 0 Å². The molecule has 0 spiro atoms. The molecule has 2 aromatic carbocycles. The lowest BCUT2D eigenvalue weighted by atomic mass is 10.1. The summed E-state index contributed by atoms with van der Waals surface area (Å²) in [6.45, 7) is 3.16. The zero-order valence-corrected chi connectivity index (χ0v) is 14.1. The number of aryl methyl sites for hydroxylation is 1. The molecule has 0 radical (unpaired) electrons. The van der Waals surface area contributed by atoms with Gasteiger partial charge in [0.05, 0.1) is 6.04 Å². The summed E-state index contributed by atoms with van der Waals surface area (Å²) in [7, 11) is 0. The first kappa shape index (κ1) is 17.8. The molecular formula is C18H18ClNO4. The number of hydrogen-bond acceptors (Lipinski definition) is 4. The Hall–Kier alpha value is -2.53. The van der Waals surface area contributed by atoms with E-state index in [0.29, 0.717) is 5.02 Å². The molecule has 0 saturated heterocycles. The van der Waals surface area contributed by atoms with Crippen LogP contribution in [0.2, 0.25) is 5.02 Å². The fraction of sp³-hybridized carbons (Fsp3) is 0.222. The minimum absolute atomic E-state index is 0.0330. The van der Waals surface area contributed by atoms with Gasteiger partial charge in [-0.3, -0.25) is 4.79 Å². The number of hydrogen-bond donors (Lipinski definition) is 2. The van der Waals surface area contributed by atoms with Crippen LogP contribution in [-0.4, -0.2) is 23.6 Å². The average molecular weight is 348 g/mol. The average Bonchev–Trinajstić information content (AvgIpc) is 2.54. The Labute approximate surface area is 145 Å². The van der Waals surface area contributed by atoms with Crippen molar-refractivity contribution in [3.8, 4) is 5.75 Å². The van der Waals surface area contributed by atoms with E-state index >= 15 is 0 Å². The van der Waals surface area contributed by atoms with Crippen LogP contribution in [-0.2, 0) is 9.53 Å². The minimum Gasteiger partial charge on any atom is -0.507 e. The summed E-state index contributed by atoms with van der Waals surface area (Å²) in [6.07, 6.45) is 0. The number of rotatable bonds is 5. The highest BCUT2D eigenvalue weighted by atomic mass is 35.5. The number of aromatic hydroxyl groups is 1. The van der Waals surface area contributed by atoms with E-state index in [9.17, 15) is 14.7 Å². The number of carbonyl (C=O) groups is 2. The molecule has 0 aromatic heterocycles. The minimum atomic E-state index is -0.748. The van der Waals surface area contributed by atoms with Crippen LogP contribution in [0.1, 0.15) is 34.5 Å². The van der Waals surface area contributed by atoms with Gasteiger partial charge < -0.3 is 15.2 Å². The SMILES string of the molecule is Cc1ccc(O)c(C(=O)OCC(=O)NC(C)c2cccc(Cl)c2)c1. The van der Waals surface area contributed by atoms with E-state index in [4.69, 9.17) is 16.3 Å². The number of esters is 1. The zero-order valence-electron chi connectivity index (χ0n) is 13.4. The van der Waals surface area contributed by atoms with Crippen molar-refractivity contribution >= 4 is 23.5 Å². The summed E-state index contributed by atoms with van der Waals surface area (Å²) in [5, 5.41) is 13.0. The van der Waals surface area contributed by atoms with Crippen LogP contribution in [0.4, 0.5) is 0 Å². The van der Waals surface area contributed by atoms with Gasteiger partial charge in [-0.15, -0.1) is 0 Å². The van der Waals surface area contributed by atoms with Crippen molar-refractivity contribution in [2.45, 2.75) is 19.9 Å². The second-order valence-electron chi connectivity index (χ2n) is 5.44. The van der Waals surface area contributed by atoms with Crippen LogP contribution in [0.5, 0.6) is 5.75 Å². The van der Waals surface area contributed by atoms with Crippen LogP contribution in [0.15, 0.2) is 42.5 Å². The Bertz CT molecular complexity index is 760. The molecule has 6 heteroatoms. The topological polar surface area (TPSA) is 75.6 Å². The number of carbonyl (C=O) groups excluding carboxylic acids is 2. The summed E-state index contributed by atoms with van der Waals surface area (Å²) in [6, 6.07) is 11.4. The molecule has 126 valence electrons. The maximum absolute atomic E-state index is 11.9. The Kier molecular flexibility index (Phi) is 5.82. The molecular weight excluding hydrogens is 330 g/mol. The molecule has 0 aliphatic rings. The fourth-order valence-corrected chi connectivity index (χ4v) is 2.36. The van der Waals surface area contributed by atoms with Gasteiger partial charge in [-0.05, 0) is 43.7 Å². The van der Waals surface area contributed by atoms with E-state index in [1.165, 1.54) is 12.1 Å².